The van der Waals surface area contributed by atoms with Crippen LogP contribution in [-0.2, 0) is 14.3 Å². The van der Waals surface area contributed by atoms with Crippen LogP contribution in [0.3, 0.4) is 0 Å². The lowest BCUT2D eigenvalue weighted by Gasteiger charge is -2.26. The van der Waals surface area contributed by atoms with Gasteiger partial charge in [0.25, 0.3) is 0 Å². The van der Waals surface area contributed by atoms with E-state index in [0.717, 1.165) is 32.1 Å². The van der Waals surface area contributed by atoms with Crippen molar-refractivity contribution in [1.82, 2.24) is 5.32 Å². The van der Waals surface area contributed by atoms with Crippen molar-refractivity contribution in [2.75, 3.05) is 7.11 Å². The second kappa shape index (κ2) is 6.89. The van der Waals surface area contributed by atoms with Crippen molar-refractivity contribution in [3.8, 4) is 0 Å². The van der Waals surface area contributed by atoms with Gasteiger partial charge in [-0.3, -0.25) is 4.79 Å². The highest BCUT2D eigenvalue weighted by Gasteiger charge is 2.34. The molecule has 1 saturated carbocycles. The van der Waals surface area contributed by atoms with Crippen LogP contribution in [0.2, 0.25) is 0 Å². The molecule has 1 rings (SSSR count). The summed E-state index contributed by atoms with van der Waals surface area (Å²) in [6.45, 7) is 3.91. The molecule has 1 aliphatic rings. The summed E-state index contributed by atoms with van der Waals surface area (Å²) >= 11 is 0. The number of hydrogen-bond acceptors (Lipinski definition) is 4. The molecule has 0 aromatic rings. The van der Waals surface area contributed by atoms with Crippen molar-refractivity contribution in [2.45, 2.75) is 64.0 Å². The van der Waals surface area contributed by atoms with Crippen LogP contribution in [0.25, 0.3) is 0 Å². The molecular formula is C14H26N2O3. The molecule has 0 saturated heterocycles. The number of hydrogen-bond donors (Lipinski definition) is 2. The van der Waals surface area contributed by atoms with Crippen LogP contribution >= 0.6 is 0 Å². The number of nitrogens with one attached hydrogen (secondary N) is 1. The third-order valence-electron chi connectivity index (χ3n) is 4.10. The van der Waals surface area contributed by atoms with E-state index in [2.05, 4.69) is 5.32 Å². The smallest absolute Gasteiger partial charge is 0.328 e. The quantitative estimate of drug-likeness (QED) is 0.714. The van der Waals surface area contributed by atoms with Crippen molar-refractivity contribution in [3.63, 3.8) is 0 Å². The predicted octanol–water partition coefficient (Wildman–Crippen LogP) is 1.35. The molecule has 0 spiro atoms. The summed E-state index contributed by atoms with van der Waals surface area (Å²) in [5.74, 6) is -0.492. The number of rotatable bonds is 6. The second-order valence-electron chi connectivity index (χ2n) is 5.70. The van der Waals surface area contributed by atoms with Gasteiger partial charge in [-0.05, 0) is 18.8 Å². The minimum Gasteiger partial charge on any atom is -0.467 e. The Balaban J connectivity index is 2.58. The second-order valence-corrected chi connectivity index (χ2v) is 5.70. The Kier molecular flexibility index (Phi) is 5.79. The zero-order valence-corrected chi connectivity index (χ0v) is 12.2. The minimum atomic E-state index is -0.576. The normalized spacial score (nSPS) is 20.6. The van der Waals surface area contributed by atoms with Gasteiger partial charge < -0.3 is 15.8 Å². The van der Waals surface area contributed by atoms with E-state index in [0.29, 0.717) is 0 Å². The highest BCUT2D eigenvalue weighted by atomic mass is 16.5. The monoisotopic (exact) mass is 270 g/mol. The highest BCUT2D eigenvalue weighted by Crippen LogP contribution is 2.30. The van der Waals surface area contributed by atoms with Crippen molar-refractivity contribution in [3.05, 3.63) is 0 Å². The molecule has 0 aromatic carbocycles. The Labute approximate surface area is 115 Å². The summed E-state index contributed by atoms with van der Waals surface area (Å²) in [6, 6.07) is -0.576. The van der Waals surface area contributed by atoms with E-state index in [9.17, 15) is 9.59 Å². The first-order chi connectivity index (χ1) is 8.91. The lowest BCUT2D eigenvalue weighted by Crippen LogP contribution is -2.49. The van der Waals surface area contributed by atoms with E-state index < -0.39 is 6.04 Å². The van der Waals surface area contributed by atoms with Gasteiger partial charge >= 0.3 is 5.97 Å². The lowest BCUT2D eigenvalue weighted by molar-refractivity contribution is -0.146. The van der Waals surface area contributed by atoms with E-state index in [4.69, 9.17) is 10.5 Å². The summed E-state index contributed by atoms with van der Waals surface area (Å²) in [6.07, 6.45) is 5.01. The Hall–Kier alpha value is -1.10. The molecule has 110 valence electrons. The minimum absolute atomic E-state index is 0.0497. The maximum atomic E-state index is 12.1. The van der Waals surface area contributed by atoms with Crippen molar-refractivity contribution >= 4 is 11.9 Å². The van der Waals surface area contributed by atoms with Crippen LogP contribution in [0.4, 0.5) is 0 Å². The van der Waals surface area contributed by atoms with E-state index >= 15 is 0 Å². The van der Waals surface area contributed by atoms with Crippen LogP contribution < -0.4 is 11.1 Å². The van der Waals surface area contributed by atoms with E-state index in [1.807, 2.05) is 13.8 Å². The van der Waals surface area contributed by atoms with Gasteiger partial charge in [0, 0.05) is 12.0 Å². The Bertz CT molecular complexity index is 325. The summed E-state index contributed by atoms with van der Waals surface area (Å²) in [5, 5.41) is 2.78. The fourth-order valence-corrected chi connectivity index (χ4v) is 2.60. The molecule has 1 fully saturated rings. The zero-order valence-electron chi connectivity index (χ0n) is 12.2. The maximum Gasteiger partial charge on any atom is 0.328 e. The van der Waals surface area contributed by atoms with Gasteiger partial charge in [0.1, 0.15) is 6.04 Å². The number of amides is 1. The van der Waals surface area contributed by atoms with Gasteiger partial charge in [-0.1, -0.05) is 33.1 Å². The van der Waals surface area contributed by atoms with Gasteiger partial charge in [0.05, 0.1) is 7.11 Å². The lowest BCUT2D eigenvalue weighted by atomic mass is 9.93. The van der Waals surface area contributed by atoms with Gasteiger partial charge in [-0.2, -0.15) is 0 Å². The zero-order chi connectivity index (χ0) is 14.5. The topological polar surface area (TPSA) is 81.4 Å². The molecule has 0 bridgehead atoms. The molecule has 1 amide bonds. The van der Waals surface area contributed by atoms with Crippen LogP contribution in [0.1, 0.15) is 52.4 Å². The molecule has 2 atom stereocenters. The third kappa shape index (κ3) is 4.49. The number of carbonyl (C=O) groups is 2. The Morgan fingerprint density at radius 3 is 2.42 bits per heavy atom. The van der Waals surface area contributed by atoms with Crippen molar-refractivity contribution in [2.24, 2.45) is 11.7 Å². The molecule has 0 aromatic heterocycles. The predicted molar refractivity (Wildman–Crippen MR) is 73.4 cm³/mol. The van der Waals surface area contributed by atoms with Gasteiger partial charge in [-0.25, -0.2) is 4.79 Å². The molecule has 3 N–H and O–H groups in total. The summed E-state index contributed by atoms with van der Waals surface area (Å²) in [7, 11) is 1.34. The summed E-state index contributed by atoms with van der Waals surface area (Å²) < 4.78 is 4.75. The molecule has 0 aliphatic heterocycles. The van der Waals surface area contributed by atoms with Crippen LogP contribution in [0.5, 0.6) is 0 Å². The highest BCUT2D eigenvalue weighted by molar-refractivity contribution is 5.85. The average Bonchev–Trinajstić information content (AvgIpc) is 2.80. The van der Waals surface area contributed by atoms with Gasteiger partial charge in [-0.15, -0.1) is 0 Å². The van der Waals surface area contributed by atoms with Crippen LogP contribution in [0.15, 0.2) is 0 Å². The molecular weight excluding hydrogens is 244 g/mol. The number of nitrogens with two attached hydrogens (primary N) is 1. The number of carbonyl (C=O) groups excluding carboxylic acids is 2. The van der Waals surface area contributed by atoms with E-state index in [1.54, 1.807) is 0 Å². The van der Waals surface area contributed by atoms with Gasteiger partial charge in [0.15, 0.2) is 0 Å². The summed E-state index contributed by atoms with van der Waals surface area (Å²) in [5.41, 5.74) is 5.79. The first kappa shape index (κ1) is 16.0. The SMILES string of the molecule is CCC(C)C(NC(=O)CC1(N)CCCC1)C(=O)OC. The number of esters is 1. The molecule has 1 aliphatic carbocycles. The van der Waals surface area contributed by atoms with Crippen molar-refractivity contribution in [1.29, 1.82) is 0 Å². The van der Waals surface area contributed by atoms with Crippen LogP contribution in [0, 0.1) is 5.92 Å². The Morgan fingerprint density at radius 2 is 1.95 bits per heavy atom. The van der Waals surface area contributed by atoms with Gasteiger partial charge in [0.2, 0.25) is 5.91 Å². The summed E-state index contributed by atoms with van der Waals surface area (Å²) in [4.78, 5) is 23.8. The van der Waals surface area contributed by atoms with Crippen LogP contribution in [-0.4, -0.2) is 30.6 Å². The third-order valence-corrected chi connectivity index (χ3v) is 4.10. The Morgan fingerprint density at radius 1 is 1.37 bits per heavy atom. The van der Waals surface area contributed by atoms with E-state index in [-0.39, 0.29) is 29.8 Å². The first-order valence-corrected chi connectivity index (χ1v) is 7.08. The maximum absolute atomic E-state index is 12.1. The largest absolute Gasteiger partial charge is 0.467 e. The van der Waals surface area contributed by atoms with E-state index in [1.165, 1.54) is 7.11 Å². The standard InChI is InChI=1S/C14H26N2O3/c1-4-10(2)12(13(18)19-3)16-11(17)9-14(15)7-5-6-8-14/h10,12H,4-9,15H2,1-3H3,(H,16,17). The molecule has 0 heterocycles. The fourth-order valence-electron chi connectivity index (χ4n) is 2.60. The molecule has 19 heavy (non-hydrogen) atoms. The molecule has 0 radical (unpaired) electrons. The number of methoxy groups -OCH3 is 1. The molecule has 2 unspecified atom stereocenters. The number of ether oxygens (including phenoxy) is 1. The average molecular weight is 270 g/mol. The van der Waals surface area contributed by atoms with Crippen molar-refractivity contribution < 1.29 is 14.3 Å². The fraction of sp³-hybridized carbons (Fsp3) is 0.857. The molecule has 5 nitrogen and oxygen atoms in total. The molecule has 5 heteroatoms. The first-order valence-electron chi connectivity index (χ1n) is 7.08.